The van der Waals surface area contributed by atoms with Crippen molar-refractivity contribution in [1.29, 1.82) is 0 Å². The largest absolute Gasteiger partial charge is 0.396 e. The first kappa shape index (κ1) is 11.5. The average Bonchev–Trinajstić information content (AvgIpc) is 2.46. The summed E-state index contributed by atoms with van der Waals surface area (Å²) >= 11 is 0. The smallest absolute Gasteiger partial charge is 0.0719 e. The number of hydrogen-bond acceptors (Lipinski definition) is 3. The molecule has 2 rings (SSSR count). The normalized spacial score (nSPS) is 18.7. The van der Waals surface area contributed by atoms with Gasteiger partial charge in [0.05, 0.1) is 18.4 Å². The molecule has 2 N–H and O–H groups in total. The summed E-state index contributed by atoms with van der Waals surface area (Å²) in [5.74, 6) is 0.843. The van der Waals surface area contributed by atoms with E-state index in [2.05, 4.69) is 30.8 Å². The zero-order valence-electron chi connectivity index (χ0n) is 10.5. The Morgan fingerprint density at radius 3 is 2.56 bits per heavy atom. The lowest BCUT2D eigenvalue weighted by Crippen LogP contribution is -2.52. The van der Waals surface area contributed by atoms with E-state index in [1.807, 2.05) is 10.9 Å². The molecule has 2 heterocycles. The molecule has 4 nitrogen and oxygen atoms in total. The topological polar surface area (TPSA) is 47.1 Å². The molecule has 1 aromatic heterocycles. The van der Waals surface area contributed by atoms with Gasteiger partial charge in [0.2, 0.25) is 0 Å². The maximum Gasteiger partial charge on any atom is 0.0719 e. The van der Waals surface area contributed by atoms with Crippen LogP contribution in [0, 0.1) is 11.3 Å². The van der Waals surface area contributed by atoms with Crippen LogP contribution in [-0.4, -0.2) is 34.3 Å². The molecule has 0 amide bonds. The second-order valence-corrected chi connectivity index (χ2v) is 5.86. The van der Waals surface area contributed by atoms with Gasteiger partial charge in [-0.05, 0) is 11.3 Å². The molecular weight excluding hydrogens is 200 g/mol. The van der Waals surface area contributed by atoms with E-state index >= 15 is 0 Å². The third kappa shape index (κ3) is 2.55. The lowest BCUT2D eigenvalue weighted by molar-refractivity contribution is 0.0221. The van der Waals surface area contributed by atoms with Gasteiger partial charge in [0.15, 0.2) is 0 Å². The molecule has 4 heteroatoms. The number of nitrogens with zero attached hydrogens (tertiary/aromatic N) is 3. The molecule has 16 heavy (non-hydrogen) atoms. The molecule has 1 aliphatic rings. The second kappa shape index (κ2) is 4.09. The van der Waals surface area contributed by atoms with Crippen LogP contribution in [0.1, 0.15) is 20.8 Å². The minimum Gasteiger partial charge on any atom is -0.396 e. The van der Waals surface area contributed by atoms with Crippen LogP contribution in [0.2, 0.25) is 0 Å². The van der Waals surface area contributed by atoms with Crippen molar-refractivity contribution >= 4 is 5.69 Å². The maximum atomic E-state index is 5.61. The van der Waals surface area contributed by atoms with Gasteiger partial charge < -0.3 is 10.6 Å². The third-order valence-corrected chi connectivity index (χ3v) is 3.48. The number of likely N-dealkylation sites (tertiary alicyclic amines) is 1. The molecule has 90 valence electrons. The van der Waals surface area contributed by atoms with Crippen molar-refractivity contribution in [2.45, 2.75) is 27.3 Å². The number of aromatic nitrogens is 2. The van der Waals surface area contributed by atoms with E-state index in [0.29, 0.717) is 5.41 Å². The quantitative estimate of drug-likeness (QED) is 0.842. The molecule has 0 bridgehead atoms. The molecule has 1 aromatic rings. The second-order valence-electron chi connectivity index (χ2n) is 5.86. The monoisotopic (exact) mass is 222 g/mol. The Bertz CT molecular complexity index is 344. The summed E-state index contributed by atoms with van der Waals surface area (Å²) in [4.78, 5) is 2.48. The van der Waals surface area contributed by atoms with Crippen LogP contribution in [-0.2, 0) is 6.54 Å². The Kier molecular flexibility index (Phi) is 2.93. The maximum absolute atomic E-state index is 5.61. The standard InChI is InChI=1S/C12H22N4/c1-12(2,3)10-7-15(8-10)4-5-16-9-11(13)6-14-16/h6,9-10H,4-5,7-8,13H2,1-3H3. The number of nitrogen functional groups attached to an aromatic ring is 1. The Morgan fingerprint density at radius 2 is 2.06 bits per heavy atom. The Hall–Kier alpha value is -1.03. The van der Waals surface area contributed by atoms with Gasteiger partial charge in [-0.1, -0.05) is 20.8 Å². The van der Waals surface area contributed by atoms with Gasteiger partial charge in [-0.15, -0.1) is 0 Å². The molecule has 0 atom stereocenters. The van der Waals surface area contributed by atoms with Gasteiger partial charge in [0.25, 0.3) is 0 Å². The Balaban J connectivity index is 1.71. The highest BCUT2D eigenvalue weighted by atomic mass is 15.3. The van der Waals surface area contributed by atoms with Gasteiger partial charge in [-0.2, -0.15) is 5.10 Å². The van der Waals surface area contributed by atoms with E-state index in [4.69, 9.17) is 5.73 Å². The van der Waals surface area contributed by atoms with Gasteiger partial charge in [-0.3, -0.25) is 4.68 Å². The van der Waals surface area contributed by atoms with Gasteiger partial charge in [-0.25, -0.2) is 0 Å². The lowest BCUT2D eigenvalue weighted by atomic mass is 9.76. The van der Waals surface area contributed by atoms with Gasteiger partial charge >= 0.3 is 0 Å². The Morgan fingerprint density at radius 1 is 1.38 bits per heavy atom. The van der Waals surface area contributed by atoms with Crippen molar-refractivity contribution in [3.05, 3.63) is 12.4 Å². The highest BCUT2D eigenvalue weighted by Gasteiger charge is 2.35. The predicted octanol–water partition coefficient (Wildman–Crippen LogP) is 1.44. The highest BCUT2D eigenvalue weighted by Crippen LogP contribution is 2.33. The van der Waals surface area contributed by atoms with Crippen molar-refractivity contribution in [2.75, 3.05) is 25.4 Å². The summed E-state index contributed by atoms with van der Waals surface area (Å²) in [6, 6.07) is 0. The molecule has 0 saturated carbocycles. The van der Waals surface area contributed by atoms with Crippen LogP contribution in [0.15, 0.2) is 12.4 Å². The summed E-state index contributed by atoms with van der Waals surface area (Å²) in [6.45, 7) is 11.4. The highest BCUT2D eigenvalue weighted by molar-refractivity contribution is 5.30. The molecule has 0 unspecified atom stereocenters. The summed E-state index contributed by atoms with van der Waals surface area (Å²) < 4.78 is 1.92. The Labute approximate surface area is 97.4 Å². The summed E-state index contributed by atoms with van der Waals surface area (Å²) in [7, 11) is 0. The van der Waals surface area contributed by atoms with E-state index in [1.54, 1.807) is 6.20 Å². The fourth-order valence-corrected chi connectivity index (χ4v) is 2.05. The first-order valence-corrected chi connectivity index (χ1v) is 5.95. The number of anilines is 1. The molecule has 0 spiro atoms. The molecule has 0 aromatic carbocycles. The van der Waals surface area contributed by atoms with Crippen molar-refractivity contribution in [3.8, 4) is 0 Å². The van der Waals surface area contributed by atoms with Crippen LogP contribution < -0.4 is 5.73 Å². The van der Waals surface area contributed by atoms with Gasteiger partial charge in [0, 0.05) is 25.8 Å². The van der Waals surface area contributed by atoms with Gasteiger partial charge in [0.1, 0.15) is 0 Å². The number of rotatable bonds is 3. The van der Waals surface area contributed by atoms with Crippen LogP contribution in [0.5, 0.6) is 0 Å². The molecule has 1 fully saturated rings. The van der Waals surface area contributed by atoms with Crippen LogP contribution in [0.4, 0.5) is 5.69 Å². The van der Waals surface area contributed by atoms with E-state index in [-0.39, 0.29) is 0 Å². The predicted molar refractivity (Wildman–Crippen MR) is 66.0 cm³/mol. The fourth-order valence-electron chi connectivity index (χ4n) is 2.05. The molecule has 0 aliphatic carbocycles. The van der Waals surface area contributed by atoms with E-state index in [9.17, 15) is 0 Å². The first-order chi connectivity index (χ1) is 7.45. The fraction of sp³-hybridized carbons (Fsp3) is 0.750. The summed E-state index contributed by atoms with van der Waals surface area (Å²) in [5.41, 5.74) is 6.81. The van der Waals surface area contributed by atoms with E-state index in [1.165, 1.54) is 13.1 Å². The number of nitrogens with two attached hydrogens (primary N) is 1. The summed E-state index contributed by atoms with van der Waals surface area (Å²) in [6.07, 6.45) is 3.59. The molecule has 1 aliphatic heterocycles. The van der Waals surface area contributed by atoms with Crippen molar-refractivity contribution < 1.29 is 0 Å². The van der Waals surface area contributed by atoms with Crippen molar-refractivity contribution in [1.82, 2.24) is 14.7 Å². The zero-order chi connectivity index (χ0) is 11.8. The SMILES string of the molecule is CC(C)(C)C1CN(CCn2cc(N)cn2)C1. The van der Waals surface area contributed by atoms with Crippen molar-refractivity contribution in [3.63, 3.8) is 0 Å². The van der Waals surface area contributed by atoms with Crippen LogP contribution in [0.25, 0.3) is 0 Å². The van der Waals surface area contributed by atoms with Crippen LogP contribution >= 0.6 is 0 Å². The summed E-state index contributed by atoms with van der Waals surface area (Å²) in [5, 5.41) is 4.18. The van der Waals surface area contributed by atoms with E-state index in [0.717, 1.165) is 24.7 Å². The minimum atomic E-state index is 0.451. The zero-order valence-corrected chi connectivity index (χ0v) is 10.5. The third-order valence-electron chi connectivity index (χ3n) is 3.48. The van der Waals surface area contributed by atoms with E-state index < -0.39 is 0 Å². The molecule has 1 saturated heterocycles. The minimum absolute atomic E-state index is 0.451. The molecular formula is C12H22N4. The van der Waals surface area contributed by atoms with Crippen molar-refractivity contribution in [2.24, 2.45) is 11.3 Å². The number of hydrogen-bond donors (Lipinski definition) is 1. The lowest BCUT2D eigenvalue weighted by Gasteiger charge is -2.46. The average molecular weight is 222 g/mol. The first-order valence-electron chi connectivity index (χ1n) is 5.95. The molecule has 0 radical (unpaired) electrons. The van der Waals surface area contributed by atoms with Crippen LogP contribution in [0.3, 0.4) is 0 Å².